The second-order valence-corrected chi connectivity index (χ2v) is 5.07. The van der Waals surface area contributed by atoms with Crippen LogP contribution >= 0.6 is 0 Å². The Morgan fingerprint density at radius 3 is 2.71 bits per heavy atom. The minimum absolute atomic E-state index is 0.320. The molecule has 1 fully saturated rings. The Kier molecular flexibility index (Phi) is 2.67. The smallest absolute Gasteiger partial charge is 0.0853 e. The molecular formula is C12H20O2. The molecule has 2 heteroatoms. The molecule has 0 aromatic rings. The van der Waals surface area contributed by atoms with E-state index < -0.39 is 5.60 Å². The average Bonchev–Trinajstić information content (AvgIpc) is 2.88. The molecule has 0 saturated carbocycles. The van der Waals surface area contributed by atoms with E-state index in [0.717, 1.165) is 25.9 Å². The minimum Gasteiger partial charge on any atom is -0.386 e. The Morgan fingerprint density at radius 1 is 1.57 bits per heavy atom. The van der Waals surface area contributed by atoms with Crippen molar-refractivity contribution in [3.05, 3.63) is 12.2 Å². The normalized spacial score (nSPS) is 41.7. The van der Waals surface area contributed by atoms with Gasteiger partial charge in [-0.25, -0.2) is 0 Å². The molecule has 1 saturated heterocycles. The van der Waals surface area contributed by atoms with Crippen LogP contribution in [0.15, 0.2) is 12.2 Å². The molecule has 0 aromatic carbocycles. The van der Waals surface area contributed by atoms with Crippen LogP contribution in [0.3, 0.4) is 0 Å². The maximum atomic E-state index is 10.2. The van der Waals surface area contributed by atoms with Crippen LogP contribution in [0.1, 0.15) is 33.1 Å². The summed E-state index contributed by atoms with van der Waals surface area (Å²) in [7, 11) is 0. The summed E-state index contributed by atoms with van der Waals surface area (Å²) in [5.74, 6) is 1.34. The predicted molar refractivity (Wildman–Crippen MR) is 56.0 cm³/mol. The number of hydrogen-bond acceptors (Lipinski definition) is 2. The molecule has 2 nitrogen and oxygen atoms in total. The zero-order valence-electron chi connectivity index (χ0n) is 9.07. The van der Waals surface area contributed by atoms with E-state index in [1.807, 2.05) is 6.08 Å². The number of aliphatic hydroxyl groups is 1. The lowest BCUT2D eigenvalue weighted by Crippen LogP contribution is -2.32. The van der Waals surface area contributed by atoms with Crippen LogP contribution in [0.4, 0.5) is 0 Å². The first-order valence-electron chi connectivity index (χ1n) is 5.62. The van der Waals surface area contributed by atoms with Gasteiger partial charge in [0.25, 0.3) is 0 Å². The third-order valence-corrected chi connectivity index (χ3v) is 3.40. The van der Waals surface area contributed by atoms with Gasteiger partial charge in [-0.15, -0.1) is 0 Å². The summed E-state index contributed by atoms with van der Waals surface area (Å²) < 4.78 is 5.16. The van der Waals surface area contributed by atoms with Gasteiger partial charge in [0.1, 0.15) is 0 Å². The summed E-state index contributed by atoms with van der Waals surface area (Å²) >= 11 is 0. The SMILES string of the molecule is CC(C)C1C=CC(O)(CC2CO2)CC1. The van der Waals surface area contributed by atoms with Crippen LogP contribution < -0.4 is 0 Å². The maximum absolute atomic E-state index is 10.2. The fourth-order valence-electron chi connectivity index (χ4n) is 2.20. The van der Waals surface area contributed by atoms with Gasteiger partial charge in [-0.3, -0.25) is 0 Å². The largest absolute Gasteiger partial charge is 0.386 e. The molecular weight excluding hydrogens is 176 g/mol. The second kappa shape index (κ2) is 3.67. The lowest BCUT2D eigenvalue weighted by Gasteiger charge is -2.32. The van der Waals surface area contributed by atoms with Gasteiger partial charge in [0.2, 0.25) is 0 Å². The molecule has 80 valence electrons. The van der Waals surface area contributed by atoms with Crippen molar-refractivity contribution < 1.29 is 9.84 Å². The highest BCUT2D eigenvalue weighted by Crippen LogP contribution is 2.35. The number of ether oxygens (including phenoxy) is 1. The quantitative estimate of drug-likeness (QED) is 0.554. The van der Waals surface area contributed by atoms with Gasteiger partial charge in [-0.2, -0.15) is 0 Å². The van der Waals surface area contributed by atoms with Crippen molar-refractivity contribution in [2.45, 2.75) is 44.8 Å². The van der Waals surface area contributed by atoms with Gasteiger partial charge in [0, 0.05) is 6.42 Å². The number of epoxide rings is 1. The first-order valence-corrected chi connectivity index (χ1v) is 5.62. The van der Waals surface area contributed by atoms with Gasteiger partial charge < -0.3 is 9.84 Å². The highest BCUT2D eigenvalue weighted by molar-refractivity contribution is 5.09. The zero-order chi connectivity index (χ0) is 10.2. The van der Waals surface area contributed by atoms with Crippen LogP contribution in [0.2, 0.25) is 0 Å². The van der Waals surface area contributed by atoms with Crippen molar-refractivity contribution in [3.8, 4) is 0 Å². The van der Waals surface area contributed by atoms with Gasteiger partial charge in [0.05, 0.1) is 18.3 Å². The van der Waals surface area contributed by atoms with Gasteiger partial charge in [-0.1, -0.05) is 26.0 Å². The zero-order valence-corrected chi connectivity index (χ0v) is 9.07. The highest BCUT2D eigenvalue weighted by atomic mass is 16.6. The van der Waals surface area contributed by atoms with Crippen molar-refractivity contribution >= 4 is 0 Å². The number of hydrogen-bond donors (Lipinski definition) is 1. The van der Waals surface area contributed by atoms with E-state index in [1.54, 1.807) is 0 Å². The van der Waals surface area contributed by atoms with Crippen LogP contribution in [-0.2, 0) is 4.74 Å². The van der Waals surface area contributed by atoms with Crippen molar-refractivity contribution in [2.75, 3.05) is 6.61 Å². The van der Waals surface area contributed by atoms with Gasteiger partial charge >= 0.3 is 0 Å². The molecule has 0 radical (unpaired) electrons. The van der Waals surface area contributed by atoms with Crippen LogP contribution in [0.25, 0.3) is 0 Å². The Morgan fingerprint density at radius 2 is 2.29 bits per heavy atom. The fraction of sp³-hybridized carbons (Fsp3) is 0.833. The van der Waals surface area contributed by atoms with E-state index in [-0.39, 0.29) is 0 Å². The summed E-state index contributed by atoms with van der Waals surface area (Å²) in [4.78, 5) is 0. The van der Waals surface area contributed by atoms with Crippen LogP contribution in [0, 0.1) is 11.8 Å². The summed E-state index contributed by atoms with van der Waals surface area (Å²) in [5, 5.41) is 10.2. The lowest BCUT2D eigenvalue weighted by atomic mass is 9.78. The highest BCUT2D eigenvalue weighted by Gasteiger charge is 2.36. The van der Waals surface area contributed by atoms with E-state index in [4.69, 9.17) is 4.74 Å². The molecule has 3 atom stereocenters. The maximum Gasteiger partial charge on any atom is 0.0853 e. The standard InChI is InChI=1S/C12H20O2/c1-9(2)10-3-5-12(13,6-4-10)7-11-8-14-11/h3,5,9-11,13H,4,6-8H2,1-2H3. The molecule has 14 heavy (non-hydrogen) atoms. The summed E-state index contributed by atoms with van der Waals surface area (Å²) in [6, 6.07) is 0. The van der Waals surface area contributed by atoms with E-state index in [1.165, 1.54) is 0 Å². The Bertz CT molecular complexity index is 230. The minimum atomic E-state index is -0.577. The summed E-state index contributed by atoms with van der Waals surface area (Å²) in [6.07, 6.45) is 7.30. The lowest BCUT2D eigenvalue weighted by molar-refractivity contribution is 0.0493. The van der Waals surface area contributed by atoms with E-state index in [9.17, 15) is 5.11 Å². The first kappa shape index (κ1) is 10.2. The molecule has 1 heterocycles. The molecule has 1 N–H and O–H groups in total. The number of rotatable bonds is 3. The van der Waals surface area contributed by atoms with Crippen molar-refractivity contribution in [1.29, 1.82) is 0 Å². The average molecular weight is 196 g/mol. The molecule has 2 aliphatic rings. The summed E-state index contributed by atoms with van der Waals surface area (Å²) in [5.41, 5.74) is -0.577. The van der Waals surface area contributed by atoms with Crippen molar-refractivity contribution in [2.24, 2.45) is 11.8 Å². The Labute approximate surface area is 86.0 Å². The molecule has 1 aliphatic carbocycles. The number of allylic oxidation sites excluding steroid dienone is 1. The topological polar surface area (TPSA) is 32.8 Å². The second-order valence-electron chi connectivity index (χ2n) is 5.07. The Balaban J connectivity index is 1.93. The van der Waals surface area contributed by atoms with Gasteiger partial charge in [0.15, 0.2) is 0 Å². The summed E-state index contributed by atoms with van der Waals surface area (Å²) in [6.45, 7) is 5.32. The first-order chi connectivity index (χ1) is 6.59. The molecule has 3 unspecified atom stereocenters. The van der Waals surface area contributed by atoms with E-state index >= 15 is 0 Å². The Hall–Kier alpha value is -0.340. The molecule has 0 amide bonds. The van der Waals surface area contributed by atoms with Crippen molar-refractivity contribution in [1.82, 2.24) is 0 Å². The molecule has 0 aromatic heterocycles. The van der Waals surface area contributed by atoms with E-state index in [2.05, 4.69) is 19.9 Å². The fourth-order valence-corrected chi connectivity index (χ4v) is 2.20. The molecule has 2 rings (SSSR count). The molecule has 1 aliphatic heterocycles. The third-order valence-electron chi connectivity index (χ3n) is 3.40. The van der Waals surface area contributed by atoms with Gasteiger partial charge in [-0.05, 0) is 24.7 Å². The van der Waals surface area contributed by atoms with Crippen molar-refractivity contribution in [3.63, 3.8) is 0 Å². The van der Waals surface area contributed by atoms with Crippen LogP contribution in [-0.4, -0.2) is 23.4 Å². The monoisotopic (exact) mass is 196 g/mol. The predicted octanol–water partition coefficient (Wildman–Crippen LogP) is 2.13. The molecule has 0 bridgehead atoms. The third kappa shape index (κ3) is 2.37. The van der Waals surface area contributed by atoms with E-state index in [0.29, 0.717) is 17.9 Å². The van der Waals surface area contributed by atoms with Crippen LogP contribution in [0.5, 0.6) is 0 Å². The molecule has 0 spiro atoms.